The van der Waals surface area contributed by atoms with Crippen LogP contribution in [0.15, 0.2) is 29.2 Å². The van der Waals surface area contributed by atoms with Crippen molar-refractivity contribution in [1.82, 2.24) is 0 Å². The average molecular weight is 180 g/mol. The molecule has 0 nitrogen and oxygen atoms in total. The van der Waals surface area contributed by atoms with E-state index in [1.165, 1.54) is 29.7 Å². The number of thioether (sulfide) groups is 1. The third-order valence-electron chi connectivity index (χ3n) is 1.98. The summed E-state index contributed by atoms with van der Waals surface area (Å²) in [4.78, 5) is 1.36. The second-order valence-electron chi connectivity index (χ2n) is 2.95. The largest absolute Gasteiger partial charge is 0.130 e. The molecule has 0 spiro atoms. The van der Waals surface area contributed by atoms with Gasteiger partial charge in [-0.1, -0.05) is 25.5 Å². The van der Waals surface area contributed by atoms with Crippen LogP contribution in [0.25, 0.3) is 0 Å². The van der Waals surface area contributed by atoms with Crippen LogP contribution in [-0.4, -0.2) is 6.26 Å². The van der Waals surface area contributed by atoms with E-state index in [1.54, 1.807) is 11.8 Å². The predicted molar refractivity (Wildman–Crippen MR) is 56.8 cm³/mol. The molecule has 0 fully saturated rings. The Kier molecular flexibility index (Phi) is 4.23. The fourth-order valence-corrected chi connectivity index (χ4v) is 1.58. The van der Waals surface area contributed by atoms with E-state index in [9.17, 15) is 0 Å². The first-order chi connectivity index (χ1) is 5.86. The summed E-state index contributed by atoms with van der Waals surface area (Å²) in [7, 11) is 0. The Labute approximate surface area is 79.4 Å². The summed E-state index contributed by atoms with van der Waals surface area (Å²) in [5.41, 5.74) is 1.47. The van der Waals surface area contributed by atoms with Crippen LogP contribution in [0.1, 0.15) is 25.3 Å². The predicted octanol–water partition coefficient (Wildman–Crippen LogP) is 3.75. The van der Waals surface area contributed by atoms with Gasteiger partial charge in [0.2, 0.25) is 0 Å². The summed E-state index contributed by atoms with van der Waals surface area (Å²) in [5, 5.41) is 0. The van der Waals surface area contributed by atoms with Gasteiger partial charge in [0.05, 0.1) is 0 Å². The summed E-state index contributed by atoms with van der Waals surface area (Å²) in [6, 6.07) is 8.88. The van der Waals surface area contributed by atoms with Gasteiger partial charge in [0.25, 0.3) is 0 Å². The second kappa shape index (κ2) is 5.26. The highest BCUT2D eigenvalue weighted by Gasteiger charge is 1.92. The summed E-state index contributed by atoms with van der Waals surface area (Å²) >= 11 is 1.80. The molecule has 1 aromatic rings. The first-order valence-corrected chi connectivity index (χ1v) is 5.72. The van der Waals surface area contributed by atoms with E-state index in [-0.39, 0.29) is 0 Å². The molecular weight excluding hydrogens is 164 g/mol. The molecule has 0 heterocycles. The van der Waals surface area contributed by atoms with Crippen LogP contribution >= 0.6 is 11.8 Å². The lowest BCUT2D eigenvalue weighted by Gasteiger charge is -2.00. The van der Waals surface area contributed by atoms with Crippen molar-refractivity contribution in [2.75, 3.05) is 6.26 Å². The monoisotopic (exact) mass is 180 g/mol. The number of hydrogen-bond acceptors (Lipinski definition) is 1. The molecule has 0 bridgehead atoms. The number of aryl methyl sites for hydroxylation is 1. The molecule has 0 aliphatic rings. The third-order valence-corrected chi connectivity index (χ3v) is 2.72. The van der Waals surface area contributed by atoms with Gasteiger partial charge in [-0.3, -0.25) is 0 Å². The van der Waals surface area contributed by atoms with Crippen LogP contribution in [0, 0.1) is 0 Å². The number of hydrogen-bond donors (Lipinski definition) is 0. The molecule has 0 radical (unpaired) electrons. The number of unbranched alkanes of at least 4 members (excludes halogenated alkanes) is 1. The molecule has 0 aromatic heterocycles. The lowest BCUT2D eigenvalue weighted by atomic mass is 10.1. The molecule has 0 saturated carbocycles. The smallest absolute Gasteiger partial charge is 0.00693 e. The summed E-state index contributed by atoms with van der Waals surface area (Å²) in [6.07, 6.45) is 5.93. The minimum absolute atomic E-state index is 1.23. The van der Waals surface area contributed by atoms with Crippen molar-refractivity contribution in [3.05, 3.63) is 29.8 Å². The van der Waals surface area contributed by atoms with Crippen molar-refractivity contribution in [3.8, 4) is 0 Å². The first kappa shape index (κ1) is 9.66. The van der Waals surface area contributed by atoms with Crippen molar-refractivity contribution in [2.45, 2.75) is 31.1 Å². The van der Waals surface area contributed by atoms with Crippen LogP contribution in [0.5, 0.6) is 0 Å². The van der Waals surface area contributed by atoms with Gasteiger partial charge in [-0.05, 0) is 36.8 Å². The Morgan fingerprint density at radius 2 is 1.83 bits per heavy atom. The van der Waals surface area contributed by atoms with E-state index < -0.39 is 0 Å². The quantitative estimate of drug-likeness (QED) is 0.636. The maximum Gasteiger partial charge on any atom is 0.00693 e. The molecule has 0 aliphatic heterocycles. The van der Waals surface area contributed by atoms with Crippen molar-refractivity contribution in [3.63, 3.8) is 0 Å². The molecule has 0 atom stereocenters. The van der Waals surface area contributed by atoms with Crippen molar-refractivity contribution in [1.29, 1.82) is 0 Å². The standard InChI is InChI=1S/C11H16S/c1-3-4-5-10-6-8-11(12-2)9-7-10/h6-9H,3-5H2,1-2H3. The van der Waals surface area contributed by atoms with Gasteiger partial charge in [-0.2, -0.15) is 0 Å². The minimum atomic E-state index is 1.23. The Hall–Kier alpha value is -0.430. The molecule has 0 aliphatic carbocycles. The van der Waals surface area contributed by atoms with Crippen LogP contribution in [-0.2, 0) is 6.42 Å². The summed E-state index contributed by atoms with van der Waals surface area (Å²) < 4.78 is 0. The molecule has 0 saturated heterocycles. The molecule has 12 heavy (non-hydrogen) atoms. The fourth-order valence-electron chi connectivity index (χ4n) is 1.17. The number of benzene rings is 1. The normalized spacial score (nSPS) is 10.2. The minimum Gasteiger partial charge on any atom is -0.130 e. The number of rotatable bonds is 4. The highest BCUT2D eigenvalue weighted by atomic mass is 32.2. The van der Waals surface area contributed by atoms with E-state index in [2.05, 4.69) is 37.4 Å². The third kappa shape index (κ3) is 2.90. The van der Waals surface area contributed by atoms with Crippen molar-refractivity contribution >= 4 is 11.8 Å². The van der Waals surface area contributed by atoms with Crippen molar-refractivity contribution < 1.29 is 0 Å². The molecular formula is C11H16S. The Morgan fingerprint density at radius 3 is 2.33 bits per heavy atom. The lowest BCUT2D eigenvalue weighted by Crippen LogP contribution is -1.83. The zero-order valence-corrected chi connectivity index (χ0v) is 8.66. The van der Waals surface area contributed by atoms with Crippen LogP contribution in [0.3, 0.4) is 0 Å². The van der Waals surface area contributed by atoms with E-state index in [4.69, 9.17) is 0 Å². The second-order valence-corrected chi connectivity index (χ2v) is 3.83. The van der Waals surface area contributed by atoms with Gasteiger partial charge in [-0.15, -0.1) is 11.8 Å². The van der Waals surface area contributed by atoms with Gasteiger partial charge in [0, 0.05) is 4.90 Å². The van der Waals surface area contributed by atoms with Gasteiger partial charge < -0.3 is 0 Å². The van der Waals surface area contributed by atoms with Gasteiger partial charge in [0.15, 0.2) is 0 Å². The highest BCUT2D eigenvalue weighted by Crippen LogP contribution is 2.15. The van der Waals surface area contributed by atoms with E-state index in [0.29, 0.717) is 0 Å². The van der Waals surface area contributed by atoms with Crippen LogP contribution < -0.4 is 0 Å². The first-order valence-electron chi connectivity index (χ1n) is 4.49. The molecule has 66 valence electrons. The fraction of sp³-hybridized carbons (Fsp3) is 0.455. The molecule has 1 aromatic carbocycles. The maximum absolute atomic E-state index is 2.24. The maximum atomic E-state index is 2.24. The van der Waals surface area contributed by atoms with Gasteiger partial charge >= 0.3 is 0 Å². The summed E-state index contributed by atoms with van der Waals surface area (Å²) in [5.74, 6) is 0. The van der Waals surface area contributed by atoms with Gasteiger partial charge in [-0.25, -0.2) is 0 Å². The zero-order chi connectivity index (χ0) is 8.81. The summed E-state index contributed by atoms with van der Waals surface area (Å²) in [6.45, 7) is 2.23. The topological polar surface area (TPSA) is 0 Å². The molecule has 1 heteroatoms. The van der Waals surface area contributed by atoms with Crippen LogP contribution in [0.4, 0.5) is 0 Å². The van der Waals surface area contributed by atoms with Gasteiger partial charge in [0.1, 0.15) is 0 Å². The van der Waals surface area contributed by atoms with E-state index in [0.717, 1.165) is 0 Å². The molecule has 0 unspecified atom stereocenters. The van der Waals surface area contributed by atoms with E-state index >= 15 is 0 Å². The molecule has 0 N–H and O–H groups in total. The van der Waals surface area contributed by atoms with Crippen molar-refractivity contribution in [2.24, 2.45) is 0 Å². The SMILES string of the molecule is CCCCc1ccc(SC)cc1. The Bertz CT molecular complexity index is 213. The van der Waals surface area contributed by atoms with E-state index in [1.807, 2.05) is 0 Å². The lowest BCUT2D eigenvalue weighted by molar-refractivity contribution is 0.794. The van der Waals surface area contributed by atoms with Crippen LogP contribution in [0.2, 0.25) is 0 Å². The Balaban J connectivity index is 2.53. The average Bonchev–Trinajstić information content (AvgIpc) is 2.15. The zero-order valence-electron chi connectivity index (χ0n) is 7.84. The highest BCUT2D eigenvalue weighted by molar-refractivity contribution is 7.98. The molecule has 0 amide bonds. The molecule has 1 rings (SSSR count). The Morgan fingerprint density at radius 1 is 1.17 bits per heavy atom.